The molecule has 1 unspecified atom stereocenters. The number of nitrogens with one attached hydrogen (secondary N) is 1. The van der Waals surface area contributed by atoms with Gasteiger partial charge < -0.3 is 25.6 Å². The Bertz CT molecular complexity index is 1300. The first-order chi connectivity index (χ1) is 17.8. The van der Waals surface area contributed by atoms with E-state index in [4.69, 9.17) is 10.5 Å². The van der Waals surface area contributed by atoms with Gasteiger partial charge in [0.25, 0.3) is 17.7 Å². The van der Waals surface area contributed by atoms with Crippen molar-refractivity contribution in [3.05, 3.63) is 101 Å². The number of hydrogen-bond acceptors (Lipinski definition) is 5. The molecule has 192 valence electrons. The van der Waals surface area contributed by atoms with Gasteiger partial charge in [-0.2, -0.15) is 0 Å². The highest BCUT2D eigenvalue weighted by Gasteiger charge is 2.43. The minimum Gasteiger partial charge on any atom is -0.497 e. The Kier molecular flexibility index (Phi) is 7.78. The van der Waals surface area contributed by atoms with Crippen LogP contribution in [0.1, 0.15) is 31.8 Å². The van der Waals surface area contributed by atoms with Gasteiger partial charge in [-0.25, -0.2) is 8.78 Å². The fraction of sp³-hybridized carbons (Fsp3) is 0.222. The van der Waals surface area contributed by atoms with E-state index in [1.54, 1.807) is 24.3 Å². The van der Waals surface area contributed by atoms with Crippen molar-refractivity contribution in [3.63, 3.8) is 0 Å². The third-order valence-corrected chi connectivity index (χ3v) is 6.07. The number of nitrogens with two attached hydrogens (primary N) is 1. The molecule has 37 heavy (non-hydrogen) atoms. The molecule has 4 rings (SSSR count). The van der Waals surface area contributed by atoms with Crippen LogP contribution in [0.15, 0.2) is 66.7 Å². The summed E-state index contributed by atoms with van der Waals surface area (Å²) in [5.74, 6) is -3.15. The number of carbonyl (C=O) groups excluding carboxylic acids is 3. The average Bonchev–Trinajstić information content (AvgIpc) is 3.35. The molecule has 3 aromatic rings. The van der Waals surface area contributed by atoms with E-state index in [0.29, 0.717) is 23.9 Å². The first-order valence-electron chi connectivity index (χ1n) is 11.6. The summed E-state index contributed by atoms with van der Waals surface area (Å²) in [4.78, 5) is 42.4. The fourth-order valence-electron chi connectivity index (χ4n) is 4.23. The van der Waals surface area contributed by atoms with Crippen molar-refractivity contribution in [2.24, 2.45) is 5.73 Å². The van der Waals surface area contributed by atoms with E-state index < -0.39 is 35.5 Å². The summed E-state index contributed by atoms with van der Waals surface area (Å²) < 4.78 is 32.8. The predicted molar refractivity (Wildman–Crippen MR) is 131 cm³/mol. The second-order valence-electron chi connectivity index (χ2n) is 8.50. The van der Waals surface area contributed by atoms with Gasteiger partial charge in [0.05, 0.1) is 7.11 Å². The summed E-state index contributed by atoms with van der Waals surface area (Å²) in [6, 6.07) is 16.1. The van der Waals surface area contributed by atoms with Gasteiger partial charge in [-0.05, 0) is 47.5 Å². The smallest absolute Gasteiger partial charge is 0.264 e. The van der Waals surface area contributed by atoms with Crippen LogP contribution in [-0.2, 0) is 17.9 Å². The first kappa shape index (κ1) is 25.8. The van der Waals surface area contributed by atoms with Crippen LogP contribution in [0, 0.1) is 11.6 Å². The van der Waals surface area contributed by atoms with E-state index in [-0.39, 0.29) is 25.2 Å². The number of carbonyl (C=O) groups is 3. The van der Waals surface area contributed by atoms with Crippen LogP contribution in [0.25, 0.3) is 0 Å². The molecule has 3 N–H and O–H groups in total. The highest BCUT2D eigenvalue weighted by Crippen LogP contribution is 2.23. The Morgan fingerprint density at radius 3 is 2.08 bits per heavy atom. The number of nitrogens with zero attached hydrogens (tertiary/aromatic N) is 2. The molecular formula is C27H26F2N4O4. The summed E-state index contributed by atoms with van der Waals surface area (Å²) in [5.41, 5.74) is 7.39. The molecule has 3 aromatic carbocycles. The number of benzene rings is 3. The molecule has 3 amide bonds. The van der Waals surface area contributed by atoms with Gasteiger partial charge in [-0.3, -0.25) is 14.4 Å². The van der Waals surface area contributed by atoms with Crippen LogP contribution >= 0.6 is 0 Å². The summed E-state index contributed by atoms with van der Waals surface area (Å²) in [6.07, 6.45) is -1.33. The molecule has 1 fully saturated rings. The zero-order valence-electron chi connectivity index (χ0n) is 20.1. The standard InChI is InChI=1S/C27H26F2N4O4/c1-37-23-7-5-19(6-8-23)26(35)32-9-10-33(27(36)20-12-21(28)14-22(29)13-20)25(32)24(34)31-16-18-4-2-3-17(11-18)15-30/h2-8,11-14,25H,9-10,15-16,30H2,1H3,(H,31,34). The molecule has 0 spiro atoms. The molecule has 1 atom stereocenters. The van der Waals surface area contributed by atoms with Gasteiger partial charge in [-0.1, -0.05) is 24.3 Å². The monoisotopic (exact) mass is 508 g/mol. The van der Waals surface area contributed by atoms with Crippen molar-refractivity contribution in [2.75, 3.05) is 20.2 Å². The van der Waals surface area contributed by atoms with Crippen molar-refractivity contribution < 1.29 is 27.9 Å². The summed E-state index contributed by atoms with van der Waals surface area (Å²) in [7, 11) is 1.50. The van der Waals surface area contributed by atoms with Gasteiger partial charge in [0.1, 0.15) is 17.4 Å². The zero-order chi connectivity index (χ0) is 26.5. The Morgan fingerprint density at radius 1 is 0.892 bits per heavy atom. The molecule has 1 heterocycles. The number of rotatable bonds is 7. The van der Waals surface area contributed by atoms with Crippen molar-refractivity contribution in [2.45, 2.75) is 19.3 Å². The van der Waals surface area contributed by atoms with E-state index in [1.165, 1.54) is 12.0 Å². The maximum absolute atomic E-state index is 13.8. The van der Waals surface area contributed by atoms with Crippen LogP contribution in [0.2, 0.25) is 0 Å². The zero-order valence-corrected chi connectivity index (χ0v) is 20.1. The summed E-state index contributed by atoms with van der Waals surface area (Å²) in [6.45, 7) is 0.514. The lowest BCUT2D eigenvalue weighted by molar-refractivity contribution is -0.128. The number of amides is 3. The average molecular weight is 509 g/mol. The van der Waals surface area contributed by atoms with E-state index in [9.17, 15) is 23.2 Å². The molecule has 0 aliphatic carbocycles. The van der Waals surface area contributed by atoms with Crippen LogP contribution < -0.4 is 15.8 Å². The van der Waals surface area contributed by atoms with E-state index in [2.05, 4.69) is 5.32 Å². The lowest BCUT2D eigenvalue weighted by Crippen LogP contribution is -2.53. The van der Waals surface area contributed by atoms with Crippen molar-refractivity contribution in [1.29, 1.82) is 0 Å². The van der Waals surface area contributed by atoms with Crippen molar-refractivity contribution in [1.82, 2.24) is 15.1 Å². The number of methoxy groups -OCH3 is 1. The molecule has 10 heteroatoms. The SMILES string of the molecule is COc1ccc(C(=O)N2CCN(C(=O)c3cc(F)cc(F)c3)C2C(=O)NCc2cccc(CN)c2)cc1. The number of ether oxygens (including phenoxy) is 1. The summed E-state index contributed by atoms with van der Waals surface area (Å²) in [5, 5.41) is 2.77. The highest BCUT2D eigenvalue weighted by atomic mass is 19.1. The normalized spacial score (nSPS) is 15.0. The minimum atomic E-state index is -1.33. The Labute approximate surface area is 212 Å². The Morgan fingerprint density at radius 2 is 1.49 bits per heavy atom. The molecule has 0 saturated carbocycles. The van der Waals surface area contributed by atoms with Gasteiger partial charge in [0.2, 0.25) is 0 Å². The molecule has 1 saturated heterocycles. The van der Waals surface area contributed by atoms with Gasteiger partial charge in [-0.15, -0.1) is 0 Å². The lowest BCUT2D eigenvalue weighted by atomic mass is 10.1. The quantitative estimate of drug-likeness (QED) is 0.511. The van der Waals surface area contributed by atoms with Crippen LogP contribution in [0.4, 0.5) is 8.78 Å². The number of hydrogen-bond donors (Lipinski definition) is 2. The largest absolute Gasteiger partial charge is 0.497 e. The Balaban J connectivity index is 1.62. The van der Waals surface area contributed by atoms with E-state index >= 15 is 0 Å². The van der Waals surface area contributed by atoms with Crippen LogP contribution in [0.3, 0.4) is 0 Å². The predicted octanol–water partition coefficient (Wildman–Crippen LogP) is 2.67. The molecule has 8 nitrogen and oxygen atoms in total. The molecule has 1 aliphatic heterocycles. The van der Waals surface area contributed by atoms with Crippen LogP contribution in [-0.4, -0.2) is 53.9 Å². The summed E-state index contributed by atoms with van der Waals surface area (Å²) >= 11 is 0. The third kappa shape index (κ3) is 5.75. The maximum atomic E-state index is 13.8. The van der Waals surface area contributed by atoms with Crippen molar-refractivity contribution in [3.8, 4) is 5.75 Å². The second kappa shape index (κ2) is 11.2. The number of halogens is 2. The lowest BCUT2D eigenvalue weighted by Gasteiger charge is -2.29. The van der Waals surface area contributed by atoms with Gasteiger partial charge in [0, 0.05) is 43.4 Å². The maximum Gasteiger partial charge on any atom is 0.264 e. The second-order valence-corrected chi connectivity index (χ2v) is 8.50. The van der Waals surface area contributed by atoms with E-state index in [0.717, 1.165) is 28.2 Å². The van der Waals surface area contributed by atoms with Crippen molar-refractivity contribution >= 4 is 17.7 Å². The molecular weight excluding hydrogens is 482 g/mol. The fourth-order valence-corrected chi connectivity index (χ4v) is 4.23. The van der Waals surface area contributed by atoms with Gasteiger partial charge >= 0.3 is 0 Å². The van der Waals surface area contributed by atoms with Gasteiger partial charge in [0.15, 0.2) is 6.17 Å². The van der Waals surface area contributed by atoms with Crippen LogP contribution in [0.5, 0.6) is 5.75 Å². The van der Waals surface area contributed by atoms with E-state index in [1.807, 2.05) is 24.3 Å². The first-order valence-corrected chi connectivity index (χ1v) is 11.6. The highest BCUT2D eigenvalue weighted by molar-refractivity contribution is 6.02. The third-order valence-electron chi connectivity index (χ3n) is 6.07. The Hall–Kier alpha value is -4.31. The molecule has 0 bridgehead atoms. The topological polar surface area (TPSA) is 105 Å². The molecule has 0 aromatic heterocycles. The molecule has 1 aliphatic rings. The minimum absolute atomic E-state index is 0.000391. The molecule has 0 radical (unpaired) electrons.